The van der Waals surface area contributed by atoms with Crippen molar-refractivity contribution in [2.24, 2.45) is 0 Å². The van der Waals surface area contributed by atoms with Gasteiger partial charge in [-0.2, -0.15) is 8.75 Å². The number of hydrogen-bond acceptors (Lipinski definition) is 6. The second-order valence-corrected chi connectivity index (χ2v) is 15.8. The summed E-state index contributed by atoms with van der Waals surface area (Å²) >= 11 is 5.04. The molecule has 2 aliphatic rings. The number of fused-ring (bicyclic) bond motifs is 3. The molecule has 0 spiro atoms. The zero-order valence-electron chi connectivity index (χ0n) is 29.4. The molecule has 7 rings (SSSR count). The maximum Gasteiger partial charge on any atom is 0.191 e. The smallest absolute Gasteiger partial charge is 0.191 e. The topological polar surface area (TPSA) is 47.8 Å². The second kappa shape index (κ2) is 18.5. The van der Waals surface area contributed by atoms with Crippen LogP contribution in [0.25, 0.3) is 33.2 Å². The van der Waals surface area contributed by atoms with E-state index in [9.17, 15) is 4.79 Å². The summed E-state index contributed by atoms with van der Waals surface area (Å²) in [6.07, 6.45) is 12.9. The van der Waals surface area contributed by atoms with Crippen LogP contribution in [-0.2, 0) is 13.0 Å². The lowest BCUT2D eigenvalue weighted by atomic mass is 9.88. The fourth-order valence-electron chi connectivity index (χ4n) is 7.20. The zero-order valence-corrected chi connectivity index (χ0v) is 31.9. The summed E-state index contributed by atoms with van der Waals surface area (Å²) in [7, 11) is 0. The lowest BCUT2D eigenvalue weighted by Gasteiger charge is -2.21. The van der Waals surface area contributed by atoms with E-state index in [1.54, 1.807) is 4.88 Å². The number of para-hydroxylation sites is 1. The Balaban J connectivity index is 0.000000412. The molecule has 2 unspecified atom stereocenters. The lowest BCUT2D eigenvalue weighted by molar-refractivity contribution is 0.492. The van der Waals surface area contributed by atoms with Crippen molar-refractivity contribution in [3.8, 4) is 11.3 Å². The van der Waals surface area contributed by atoms with Crippen LogP contribution in [0.5, 0.6) is 0 Å². The molecule has 1 aliphatic heterocycles. The highest BCUT2D eigenvalue weighted by molar-refractivity contribution is 7.10. The molecule has 260 valence electrons. The van der Waals surface area contributed by atoms with Gasteiger partial charge in [0.2, 0.25) is 0 Å². The van der Waals surface area contributed by atoms with Crippen LogP contribution in [0.1, 0.15) is 105 Å². The van der Waals surface area contributed by atoms with E-state index in [1.165, 1.54) is 73.5 Å². The highest BCUT2D eigenvalue weighted by Crippen LogP contribution is 2.35. The molecule has 0 saturated heterocycles. The Morgan fingerprint density at radius 2 is 1.34 bits per heavy atom. The van der Waals surface area contributed by atoms with Crippen LogP contribution in [-0.4, -0.2) is 13.3 Å². The van der Waals surface area contributed by atoms with Gasteiger partial charge in [-0.25, -0.2) is 0 Å². The number of hydrogen-bond donors (Lipinski definition) is 0. The molecule has 0 N–H and O–H groups in total. The normalized spacial score (nSPS) is 12.7. The predicted octanol–water partition coefficient (Wildman–Crippen LogP) is 13.0. The Kier molecular flexibility index (Phi) is 13.4. The maximum absolute atomic E-state index is 13.9. The van der Waals surface area contributed by atoms with Gasteiger partial charge in [-0.05, 0) is 109 Å². The van der Waals surface area contributed by atoms with Gasteiger partial charge in [0.05, 0.1) is 17.4 Å². The third-order valence-electron chi connectivity index (χ3n) is 9.86. The molecule has 2 aromatic carbocycles. The molecule has 1 aliphatic carbocycles. The molecule has 50 heavy (non-hydrogen) atoms. The van der Waals surface area contributed by atoms with E-state index in [0.717, 1.165) is 59.0 Å². The molecular weight excluding hydrogens is 671 g/mol. The molecule has 4 nitrogen and oxygen atoms in total. The van der Waals surface area contributed by atoms with Crippen LogP contribution in [0, 0.1) is 0 Å². The van der Waals surface area contributed by atoms with Crippen molar-refractivity contribution >= 4 is 56.3 Å². The standard InChI is InChI=1S/C37H45NOS2.C6H4N2S/c1-3-5-6-9-24-38-33-17-8-7-14-31(33)27-32-34(38)23-22-30(37(32)39)21-20-29(36-19-12-26-41-36)16-10-15-28(13-4-2)35-18-11-25-40-35;1-2-4-6-5(3-1)7-9-8-6/h7-8,11-12,14,17-19,22-23,25-29H,3-6,9-10,13,15-16,20-21,24H2,1-2H3;1-4H. The summed E-state index contributed by atoms with van der Waals surface area (Å²) in [6, 6.07) is 31.8. The number of aromatic nitrogens is 3. The fraction of sp³-hybridized carbons (Fsp3) is 0.372. The van der Waals surface area contributed by atoms with E-state index in [1.807, 2.05) is 46.9 Å². The van der Waals surface area contributed by atoms with Crippen LogP contribution in [0.3, 0.4) is 0 Å². The van der Waals surface area contributed by atoms with Crippen LogP contribution in [0.15, 0.2) is 107 Å². The highest BCUT2D eigenvalue weighted by Gasteiger charge is 2.20. The number of rotatable bonds is 16. The van der Waals surface area contributed by atoms with Gasteiger partial charge in [0.25, 0.3) is 0 Å². The van der Waals surface area contributed by atoms with Gasteiger partial charge in [-0.3, -0.25) is 4.79 Å². The van der Waals surface area contributed by atoms with Crippen molar-refractivity contribution in [1.29, 1.82) is 0 Å². The number of nitrogens with zero attached hydrogens (tertiary/aromatic N) is 3. The van der Waals surface area contributed by atoms with E-state index in [-0.39, 0.29) is 5.43 Å². The van der Waals surface area contributed by atoms with Crippen LogP contribution in [0.2, 0.25) is 0 Å². The SMILES string of the molecule is CCCCCCn1c2ccc(CCC(CCCC(CCC)c3cccs3)c3cccs3)c(=O)c-2cc2ccccc21.c1ccc2nsnc2c1. The van der Waals surface area contributed by atoms with E-state index in [4.69, 9.17) is 0 Å². The fourth-order valence-corrected chi connectivity index (χ4v) is 9.53. The van der Waals surface area contributed by atoms with Crippen molar-refractivity contribution in [2.75, 3.05) is 0 Å². The molecule has 0 saturated carbocycles. The first kappa shape index (κ1) is 36.2. The van der Waals surface area contributed by atoms with E-state index < -0.39 is 0 Å². The number of benzene rings is 3. The molecule has 0 radical (unpaired) electrons. The summed E-state index contributed by atoms with van der Waals surface area (Å²) in [5.41, 5.74) is 6.35. The number of thiophene rings is 2. The summed E-state index contributed by atoms with van der Waals surface area (Å²) in [5.74, 6) is 1.19. The lowest BCUT2D eigenvalue weighted by Crippen LogP contribution is -2.17. The Morgan fingerprint density at radius 1 is 0.660 bits per heavy atom. The summed E-state index contributed by atoms with van der Waals surface area (Å²) in [4.78, 5) is 16.9. The molecule has 0 bridgehead atoms. The molecule has 3 aromatic heterocycles. The van der Waals surface area contributed by atoms with Gasteiger partial charge in [-0.1, -0.05) is 94.5 Å². The van der Waals surface area contributed by atoms with Crippen LogP contribution >= 0.6 is 34.4 Å². The number of aryl methyl sites for hydroxylation is 2. The molecule has 2 atom stereocenters. The molecule has 0 fully saturated rings. The first-order valence-electron chi connectivity index (χ1n) is 18.4. The van der Waals surface area contributed by atoms with Crippen LogP contribution < -0.4 is 5.43 Å². The molecule has 5 aromatic rings. The molecule has 7 heteroatoms. The Hall–Kier alpha value is -3.65. The Labute approximate surface area is 309 Å². The first-order valence-corrected chi connectivity index (χ1v) is 20.9. The monoisotopic (exact) mass is 719 g/mol. The zero-order chi connectivity index (χ0) is 34.5. The number of pyridine rings is 1. The summed E-state index contributed by atoms with van der Waals surface area (Å²) < 4.78 is 10.5. The van der Waals surface area contributed by atoms with E-state index in [2.05, 4.69) is 105 Å². The van der Waals surface area contributed by atoms with Crippen molar-refractivity contribution in [1.82, 2.24) is 13.3 Å². The van der Waals surface area contributed by atoms with E-state index in [0.29, 0.717) is 11.8 Å². The minimum absolute atomic E-state index is 0.223. The van der Waals surface area contributed by atoms with Gasteiger partial charge in [0, 0.05) is 32.9 Å². The number of unbranched alkanes of at least 4 members (excludes halogenated alkanes) is 3. The van der Waals surface area contributed by atoms with Crippen molar-refractivity contribution in [3.63, 3.8) is 0 Å². The van der Waals surface area contributed by atoms with Gasteiger partial charge < -0.3 is 4.57 Å². The van der Waals surface area contributed by atoms with E-state index >= 15 is 0 Å². The highest BCUT2D eigenvalue weighted by atomic mass is 32.1. The second-order valence-electron chi connectivity index (χ2n) is 13.3. The largest absolute Gasteiger partial charge is 0.340 e. The molecule has 4 heterocycles. The maximum atomic E-state index is 13.9. The van der Waals surface area contributed by atoms with Crippen LogP contribution in [0.4, 0.5) is 0 Å². The quantitative estimate of drug-likeness (QED) is 0.0738. The van der Waals surface area contributed by atoms with Gasteiger partial charge in [-0.15, -0.1) is 22.7 Å². The molecular formula is C43H49N3OS3. The van der Waals surface area contributed by atoms with Crippen molar-refractivity contribution in [3.05, 3.63) is 127 Å². The molecule has 0 amide bonds. The summed E-state index contributed by atoms with van der Waals surface area (Å²) in [6.45, 7) is 5.51. The minimum atomic E-state index is 0.223. The average molecular weight is 720 g/mol. The minimum Gasteiger partial charge on any atom is -0.340 e. The average Bonchev–Trinajstić information content (AvgIpc) is 3.96. The van der Waals surface area contributed by atoms with Crippen molar-refractivity contribution in [2.45, 2.75) is 103 Å². The van der Waals surface area contributed by atoms with Gasteiger partial charge in [0.15, 0.2) is 5.43 Å². The Morgan fingerprint density at radius 3 is 2.00 bits per heavy atom. The first-order chi connectivity index (χ1) is 24.7. The Bertz CT molecular complexity index is 2010. The third kappa shape index (κ3) is 9.17. The summed E-state index contributed by atoms with van der Waals surface area (Å²) in [5, 5.41) is 5.58. The van der Waals surface area contributed by atoms with Crippen molar-refractivity contribution < 1.29 is 0 Å². The predicted molar refractivity (Wildman–Crippen MR) is 218 cm³/mol. The van der Waals surface area contributed by atoms with Gasteiger partial charge >= 0.3 is 0 Å². The third-order valence-corrected chi connectivity index (χ3v) is 12.5. The van der Waals surface area contributed by atoms with Gasteiger partial charge in [0.1, 0.15) is 11.0 Å².